The molecule has 1 aromatic carbocycles. The first kappa shape index (κ1) is 26.1. The van der Waals surface area contributed by atoms with Crippen molar-refractivity contribution in [2.75, 3.05) is 26.1 Å². The van der Waals surface area contributed by atoms with Crippen LogP contribution in [0.1, 0.15) is 50.5 Å². The summed E-state index contributed by atoms with van der Waals surface area (Å²) in [5.41, 5.74) is 2.04. The Balaban J connectivity index is 1.84. The molecule has 1 aliphatic carbocycles. The van der Waals surface area contributed by atoms with Crippen LogP contribution in [-0.4, -0.2) is 44.0 Å². The van der Waals surface area contributed by atoms with E-state index in [2.05, 4.69) is 16.7 Å². The first-order valence-electron chi connectivity index (χ1n) is 11.4. The summed E-state index contributed by atoms with van der Waals surface area (Å²) >= 11 is 7.34. The van der Waals surface area contributed by atoms with Gasteiger partial charge in [0.2, 0.25) is 5.91 Å². The number of nitrogens with zero attached hydrogens (tertiary/aromatic N) is 1. The maximum Gasteiger partial charge on any atom is 0.336 e. The number of nitriles is 1. The van der Waals surface area contributed by atoms with E-state index in [1.807, 2.05) is 0 Å². The largest absolute Gasteiger partial charge is 0.460 e. The average molecular weight is 504 g/mol. The number of esters is 1. The molecule has 0 bridgehead atoms. The number of hydrogen-bond donors (Lipinski definition) is 2. The maximum absolute atomic E-state index is 13.0. The molecule has 0 unspecified atom stereocenters. The van der Waals surface area contributed by atoms with Crippen molar-refractivity contribution < 1.29 is 19.1 Å². The standard InChI is InChI=1S/C25H30ClN3O4S/c1-16-22(25(31)33-13-12-32-2)23(17-8-10-18(26)11-9-17)20(14-27)24(28-16)34-15-21(30)29-19-6-4-3-5-7-19/h8-11,19,23,28H,3-7,12-13,15H2,1-2H3,(H,29,30)/t23-/m0/s1. The van der Waals surface area contributed by atoms with Crippen LogP contribution in [0, 0.1) is 11.3 Å². The molecule has 0 radical (unpaired) electrons. The Bertz CT molecular complexity index is 994. The highest BCUT2D eigenvalue weighted by atomic mass is 35.5. The Kier molecular flexibility index (Phi) is 9.87. The topological polar surface area (TPSA) is 100 Å². The van der Waals surface area contributed by atoms with E-state index in [4.69, 9.17) is 21.1 Å². The van der Waals surface area contributed by atoms with Crippen LogP contribution < -0.4 is 10.6 Å². The molecule has 9 heteroatoms. The monoisotopic (exact) mass is 503 g/mol. The van der Waals surface area contributed by atoms with E-state index in [0.29, 0.717) is 26.9 Å². The predicted molar refractivity (Wildman–Crippen MR) is 133 cm³/mol. The molecule has 0 saturated heterocycles. The van der Waals surface area contributed by atoms with Gasteiger partial charge in [-0.15, -0.1) is 0 Å². The van der Waals surface area contributed by atoms with Crippen LogP contribution >= 0.6 is 23.4 Å². The number of hydrogen-bond acceptors (Lipinski definition) is 7. The van der Waals surface area contributed by atoms with Gasteiger partial charge in [0.15, 0.2) is 0 Å². The SMILES string of the molecule is COCCOC(=O)C1=C(C)NC(SCC(=O)NC2CCCCC2)=C(C#N)[C@@H]1c1ccc(Cl)cc1. The first-order chi connectivity index (χ1) is 16.4. The third-order valence-corrected chi connectivity index (χ3v) is 7.18. The molecular formula is C25H30ClN3O4S. The van der Waals surface area contributed by atoms with Crippen LogP contribution in [0.25, 0.3) is 0 Å². The third-order valence-electron chi connectivity index (χ3n) is 5.91. The Labute approximate surface area is 209 Å². The van der Waals surface area contributed by atoms with Gasteiger partial charge >= 0.3 is 5.97 Å². The van der Waals surface area contributed by atoms with Crippen molar-refractivity contribution in [3.05, 3.63) is 56.7 Å². The number of methoxy groups -OCH3 is 1. The smallest absolute Gasteiger partial charge is 0.336 e. The number of dihydropyridines is 1. The van der Waals surface area contributed by atoms with Crippen molar-refractivity contribution in [1.82, 2.24) is 10.6 Å². The molecule has 0 aromatic heterocycles. The van der Waals surface area contributed by atoms with Crippen LogP contribution in [0.5, 0.6) is 0 Å². The number of ether oxygens (including phenoxy) is 2. The van der Waals surface area contributed by atoms with Gasteiger partial charge in [-0.2, -0.15) is 5.26 Å². The van der Waals surface area contributed by atoms with E-state index in [0.717, 1.165) is 31.2 Å². The predicted octanol–water partition coefficient (Wildman–Crippen LogP) is 4.41. The molecule has 3 rings (SSSR count). The molecular weight excluding hydrogens is 474 g/mol. The van der Waals surface area contributed by atoms with E-state index in [-0.39, 0.29) is 30.9 Å². The molecule has 1 aromatic rings. The zero-order chi connectivity index (χ0) is 24.5. The summed E-state index contributed by atoms with van der Waals surface area (Å²) in [7, 11) is 1.53. The zero-order valence-electron chi connectivity index (χ0n) is 19.5. The fraction of sp³-hybridized carbons (Fsp3) is 0.480. The molecule has 2 N–H and O–H groups in total. The molecule has 1 amide bonds. The average Bonchev–Trinajstić information content (AvgIpc) is 2.83. The fourth-order valence-electron chi connectivity index (χ4n) is 4.23. The van der Waals surface area contributed by atoms with Gasteiger partial charge in [0.05, 0.1) is 40.5 Å². The van der Waals surface area contributed by atoms with Gasteiger partial charge in [0, 0.05) is 23.9 Å². The van der Waals surface area contributed by atoms with Crippen LogP contribution in [0.2, 0.25) is 5.02 Å². The van der Waals surface area contributed by atoms with Gasteiger partial charge in [-0.05, 0) is 37.5 Å². The van der Waals surface area contributed by atoms with Crippen molar-refractivity contribution in [2.24, 2.45) is 0 Å². The second kappa shape index (κ2) is 12.8. The number of allylic oxidation sites excluding steroid dienone is 2. The normalized spacial score (nSPS) is 18.8. The lowest BCUT2D eigenvalue weighted by molar-refractivity contribution is -0.140. The number of carbonyl (C=O) groups excluding carboxylic acids is 2. The van der Waals surface area contributed by atoms with E-state index >= 15 is 0 Å². The summed E-state index contributed by atoms with van der Waals surface area (Å²) in [6.45, 7) is 2.15. The van der Waals surface area contributed by atoms with Crippen LogP contribution in [-0.2, 0) is 19.1 Å². The van der Waals surface area contributed by atoms with Crippen LogP contribution in [0.3, 0.4) is 0 Å². The lowest BCUT2D eigenvalue weighted by atomic mass is 9.82. The molecule has 1 atom stereocenters. The van der Waals surface area contributed by atoms with Gasteiger partial charge in [-0.3, -0.25) is 4.79 Å². The molecule has 2 aliphatic rings. The number of nitrogens with one attached hydrogen (secondary N) is 2. The third kappa shape index (κ3) is 6.78. The number of amides is 1. The number of halogens is 1. The number of benzene rings is 1. The lowest BCUT2D eigenvalue weighted by Crippen LogP contribution is -2.37. The number of rotatable bonds is 9. The molecule has 7 nitrogen and oxygen atoms in total. The minimum absolute atomic E-state index is 0.0575. The van der Waals surface area contributed by atoms with E-state index < -0.39 is 11.9 Å². The summed E-state index contributed by atoms with van der Waals surface area (Å²) < 4.78 is 10.4. The zero-order valence-corrected chi connectivity index (χ0v) is 21.1. The Morgan fingerprint density at radius 2 is 1.91 bits per heavy atom. The van der Waals surface area contributed by atoms with Crippen molar-refractivity contribution in [2.45, 2.75) is 51.0 Å². The van der Waals surface area contributed by atoms with Gasteiger partial charge in [0.25, 0.3) is 0 Å². The van der Waals surface area contributed by atoms with Crippen molar-refractivity contribution in [3.8, 4) is 6.07 Å². The van der Waals surface area contributed by atoms with Crippen molar-refractivity contribution in [1.29, 1.82) is 5.26 Å². The second-order valence-corrected chi connectivity index (χ2v) is 9.74. The van der Waals surface area contributed by atoms with Crippen molar-refractivity contribution in [3.63, 3.8) is 0 Å². The maximum atomic E-state index is 13.0. The first-order valence-corrected chi connectivity index (χ1v) is 12.8. The van der Waals surface area contributed by atoms with Crippen LogP contribution in [0.15, 0.2) is 46.1 Å². The highest BCUT2D eigenvalue weighted by Crippen LogP contribution is 2.41. The molecule has 34 heavy (non-hydrogen) atoms. The highest BCUT2D eigenvalue weighted by molar-refractivity contribution is 8.03. The Hall–Kier alpha value is -2.47. The highest BCUT2D eigenvalue weighted by Gasteiger charge is 2.35. The minimum Gasteiger partial charge on any atom is -0.460 e. The summed E-state index contributed by atoms with van der Waals surface area (Å²) in [6.07, 6.45) is 5.52. The summed E-state index contributed by atoms with van der Waals surface area (Å²) in [6, 6.07) is 9.52. The molecule has 0 spiro atoms. The lowest BCUT2D eigenvalue weighted by Gasteiger charge is -2.29. The number of carbonyl (C=O) groups is 2. The van der Waals surface area contributed by atoms with E-state index in [1.54, 1.807) is 31.2 Å². The molecule has 182 valence electrons. The van der Waals surface area contributed by atoms with Gasteiger partial charge < -0.3 is 20.1 Å². The molecule has 1 fully saturated rings. The van der Waals surface area contributed by atoms with Crippen molar-refractivity contribution >= 4 is 35.2 Å². The molecule has 1 heterocycles. The quantitative estimate of drug-likeness (QED) is 0.380. The van der Waals surface area contributed by atoms with Gasteiger partial charge in [0.1, 0.15) is 6.61 Å². The van der Waals surface area contributed by atoms with Crippen LogP contribution in [0.4, 0.5) is 0 Å². The number of thioether (sulfide) groups is 1. The van der Waals surface area contributed by atoms with Gasteiger partial charge in [-0.1, -0.05) is 54.8 Å². The minimum atomic E-state index is -0.637. The van der Waals surface area contributed by atoms with Gasteiger partial charge in [-0.25, -0.2) is 4.79 Å². The Morgan fingerprint density at radius 1 is 1.21 bits per heavy atom. The van der Waals surface area contributed by atoms with E-state index in [1.165, 1.54) is 25.3 Å². The fourth-order valence-corrected chi connectivity index (χ4v) is 5.26. The summed E-state index contributed by atoms with van der Waals surface area (Å²) in [5, 5.41) is 17.5. The summed E-state index contributed by atoms with van der Waals surface area (Å²) in [5.74, 6) is -1.03. The second-order valence-electron chi connectivity index (χ2n) is 8.32. The molecule has 1 aliphatic heterocycles. The molecule has 1 saturated carbocycles. The van der Waals surface area contributed by atoms with E-state index in [9.17, 15) is 14.9 Å². The summed E-state index contributed by atoms with van der Waals surface area (Å²) in [4.78, 5) is 25.5. The Morgan fingerprint density at radius 3 is 2.56 bits per heavy atom.